The maximum atomic E-state index is 11.6. The number of nitrogens with one attached hydrogen (secondary N) is 1. The van der Waals surface area contributed by atoms with Crippen LogP contribution in [0.5, 0.6) is 0 Å². The Bertz CT molecular complexity index is 377. The SMILES string of the molecule is Cc1cc(NC(=O)CN2CCC(O)C2)no1. The van der Waals surface area contributed by atoms with Gasteiger partial charge in [-0.2, -0.15) is 0 Å². The highest BCUT2D eigenvalue weighted by Crippen LogP contribution is 2.10. The average molecular weight is 225 g/mol. The molecule has 0 bridgehead atoms. The largest absolute Gasteiger partial charge is 0.392 e. The fourth-order valence-corrected chi connectivity index (χ4v) is 1.77. The lowest BCUT2D eigenvalue weighted by Gasteiger charge is -2.13. The lowest BCUT2D eigenvalue weighted by atomic mass is 10.3. The number of nitrogens with zero attached hydrogens (tertiary/aromatic N) is 2. The number of aryl methyl sites for hydroxylation is 1. The number of likely N-dealkylation sites (tertiary alicyclic amines) is 1. The lowest BCUT2D eigenvalue weighted by molar-refractivity contribution is -0.117. The number of hydrogen-bond acceptors (Lipinski definition) is 5. The second-order valence-electron chi connectivity index (χ2n) is 4.05. The van der Waals surface area contributed by atoms with Gasteiger partial charge >= 0.3 is 0 Å². The topological polar surface area (TPSA) is 78.6 Å². The molecule has 0 aromatic carbocycles. The average Bonchev–Trinajstić information content (AvgIpc) is 2.76. The minimum absolute atomic E-state index is 0.137. The third kappa shape index (κ3) is 2.80. The first-order chi connectivity index (χ1) is 7.63. The van der Waals surface area contributed by atoms with Gasteiger partial charge in [-0.15, -0.1) is 0 Å². The maximum absolute atomic E-state index is 11.6. The van der Waals surface area contributed by atoms with Gasteiger partial charge in [0.15, 0.2) is 5.82 Å². The van der Waals surface area contributed by atoms with Crippen molar-refractivity contribution in [1.82, 2.24) is 10.1 Å². The minimum atomic E-state index is -0.304. The van der Waals surface area contributed by atoms with E-state index in [0.717, 1.165) is 13.0 Å². The summed E-state index contributed by atoms with van der Waals surface area (Å²) in [6.45, 7) is 3.36. The van der Waals surface area contributed by atoms with Crippen molar-refractivity contribution < 1.29 is 14.4 Å². The standard InChI is InChI=1S/C10H15N3O3/c1-7-4-9(12-16-7)11-10(15)6-13-3-2-8(14)5-13/h4,8,14H,2-3,5-6H2,1H3,(H,11,12,15). The zero-order chi connectivity index (χ0) is 11.5. The molecule has 2 rings (SSSR count). The van der Waals surface area contributed by atoms with Crippen LogP contribution in [-0.4, -0.2) is 46.8 Å². The highest BCUT2D eigenvalue weighted by Gasteiger charge is 2.22. The molecule has 0 radical (unpaired) electrons. The molecule has 0 saturated carbocycles. The smallest absolute Gasteiger partial charge is 0.239 e. The van der Waals surface area contributed by atoms with Crippen molar-refractivity contribution in [1.29, 1.82) is 0 Å². The summed E-state index contributed by atoms with van der Waals surface area (Å²) in [5.41, 5.74) is 0. The molecule has 16 heavy (non-hydrogen) atoms. The molecule has 1 atom stereocenters. The molecule has 0 aliphatic carbocycles. The van der Waals surface area contributed by atoms with Crippen LogP contribution >= 0.6 is 0 Å². The highest BCUT2D eigenvalue weighted by atomic mass is 16.5. The van der Waals surface area contributed by atoms with E-state index in [9.17, 15) is 9.90 Å². The number of aliphatic hydroxyl groups is 1. The van der Waals surface area contributed by atoms with Crippen LogP contribution in [0.15, 0.2) is 10.6 Å². The lowest BCUT2D eigenvalue weighted by Crippen LogP contribution is -2.32. The van der Waals surface area contributed by atoms with Crippen LogP contribution in [0.4, 0.5) is 5.82 Å². The molecule has 0 spiro atoms. The zero-order valence-corrected chi connectivity index (χ0v) is 9.14. The van der Waals surface area contributed by atoms with E-state index in [4.69, 9.17) is 4.52 Å². The van der Waals surface area contributed by atoms with Crippen LogP contribution in [-0.2, 0) is 4.79 Å². The van der Waals surface area contributed by atoms with Gasteiger partial charge in [-0.05, 0) is 13.3 Å². The summed E-state index contributed by atoms with van der Waals surface area (Å²) in [6, 6.07) is 1.66. The van der Waals surface area contributed by atoms with Crippen LogP contribution in [0.2, 0.25) is 0 Å². The highest BCUT2D eigenvalue weighted by molar-refractivity contribution is 5.91. The molecule has 1 aromatic heterocycles. The molecule has 1 amide bonds. The van der Waals surface area contributed by atoms with E-state index in [1.807, 2.05) is 4.90 Å². The molecule has 1 saturated heterocycles. The van der Waals surface area contributed by atoms with Crippen molar-refractivity contribution >= 4 is 11.7 Å². The number of hydrogen-bond donors (Lipinski definition) is 2. The summed E-state index contributed by atoms with van der Waals surface area (Å²) >= 11 is 0. The summed E-state index contributed by atoms with van der Waals surface area (Å²) in [6.07, 6.45) is 0.429. The Balaban J connectivity index is 1.80. The van der Waals surface area contributed by atoms with Crippen molar-refractivity contribution in [2.75, 3.05) is 25.0 Å². The van der Waals surface area contributed by atoms with Gasteiger partial charge < -0.3 is 14.9 Å². The van der Waals surface area contributed by atoms with E-state index in [2.05, 4.69) is 10.5 Å². The van der Waals surface area contributed by atoms with Crippen LogP contribution in [0.25, 0.3) is 0 Å². The monoisotopic (exact) mass is 225 g/mol. The van der Waals surface area contributed by atoms with Gasteiger partial charge in [0.25, 0.3) is 0 Å². The molecule has 88 valence electrons. The third-order valence-corrected chi connectivity index (χ3v) is 2.51. The van der Waals surface area contributed by atoms with E-state index in [-0.39, 0.29) is 18.6 Å². The molecular formula is C10H15N3O3. The Labute approximate surface area is 93.2 Å². The zero-order valence-electron chi connectivity index (χ0n) is 9.14. The van der Waals surface area contributed by atoms with Crippen molar-refractivity contribution in [3.8, 4) is 0 Å². The number of carbonyl (C=O) groups is 1. The second kappa shape index (κ2) is 4.63. The Morgan fingerprint density at radius 2 is 2.62 bits per heavy atom. The van der Waals surface area contributed by atoms with Crippen molar-refractivity contribution in [2.45, 2.75) is 19.4 Å². The minimum Gasteiger partial charge on any atom is -0.392 e. The number of anilines is 1. The Morgan fingerprint density at radius 1 is 1.81 bits per heavy atom. The van der Waals surface area contributed by atoms with Crippen LogP contribution in [0, 0.1) is 6.92 Å². The first-order valence-corrected chi connectivity index (χ1v) is 5.27. The fourth-order valence-electron chi connectivity index (χ4n) is 1.77. The van der Waals surface area contributed by atoms with E-state index in [1.165, 1.54) is 0 Å². The summed E-state index contributed by atoms with van der Waals surface area (Å²) in [5, 5.41) is 15.6. The Morgan fingerprint density at radius 3 is 3.19 bits per heavy atom. The molecule has 6 nitrogen and oxygen atoms in total. The molecular weight excluding hydrogens is 210 g/mol. The molecule has 1 aliphatic rings. The van der Waals surface area contributed by atoms with Crippen molar-refractivity contribution in [2.24, 2.45) is 0 Å². The van der Waals surface area contributed by atoms with Crippen LogP contribution in [0.1, 0.15) is 12.2 Å². The molecule has 1 aliphatic heterocycles. The predicted molar refractivity (Wildman–Crippen MR) is 56.9 cm³/mol. The molecule has 1 unspecified atom stereocenters. The van der Waals surface area contributed by atoms with E-state index in [0.29, 0.717) is 18.1 Å². The summed E-state index contributed by atoms with van der Waals surface area (Å²) in [7, 11) is 0. The molecule has 6 heteroatoms. The van der Waals surface area contributed by atoms with Crippen LogP contribution in [0.3, 0.4) is 0 Å². The molecule has 2 N–H and O–H groups in total. The number of aliphatic hydroxyl groups excluding tert-OH is 1. The molecule has 2 heterocycles. The summed E-state index contributed by atoms with van der Waals surface area (Å²) in [5.74, 6) is 0.955. The number of amides is 1. The summed E-state index contributed by atoms with van der Waals surface area (Å²) in [4.78, 5) is 13.5. The Kier molecular flexibility index (Phi) is 3.21. The number of aromatic nitrogens is 1. The molecule has 1 aromatic rings. The Hall–Kier alpha value is -1.40. The van der Waals surface area contributed by atoms with Crippen molar-refractivity contribution in [3.05, 3.63) is 11.8 Å². The van der Waals surface area contributed by atoms with Gasteiger partial charge in [-0.3, -0.25) is 9.69 Å². The third-order valence-electron chi connectivity index (χ3n) is 2.51. The van der Waals surface area contributed by atoms with Gasteiger partial charge in [0.1, 0.15) is 5.76 Å². The number of β-amino-alcohol motifs (C(OH)–C–C–N with tert-alkyl or cyclic N) is 1. The fraction of sp³-hybridized carbons (Fsp3) is 0.600. The number of rotatable bonds is 3. The quantitative estimate of drug-likeness (QED) is 0.756. The second-order valence-corrected chi connectivity index (χ2v) is 4.05. The number of carbonyl (C=O) groups excluding carboxylic acids is 1. The van der Waals surface area contributed by atoms with Gasteiger partial charge in [0.2, 0.25) is 5.91 Å². The first-order valence-electron chi connectivity index (χ1n) is 5.27. The maximum Gasteiger partial charge on any atom is 0.239 e. The first kappa shape index (κ1) is 11.1. The van der Waals surface area contributed by atoms with Crippen LogP contribution < -0.4 is 5.32 Å². The van der Waals surface area contributed by atoms with E-state index < -0.39 is 0 Å². The van der Waals surface area contributed by atoms with Gasteiger partial charge in [0, 0.05) is 19.2 Å². The van der Waals surface area contributed by atoms with E-state index in [1.54, 1.807) is 13.0 Å². The van der Waals surface area contributed by atoms with E-state index >= 15 is 0 Å². The van der Waals surface area contributed by atoms with Gasteiger partial charge in [-0.1, -0.05) is 5.16 Å². The van der Waals surface area contributed by atoms with Gasteiger partial charge in [0.05, 0.1) is 12.6 Å². The van der Waals surface area contributed by atoms with Gasteiger partial charge in [-0.25, -0.2) is 0 Å². The summed E-state index contributed by atoms with van der Waals surface area (Å²) < 4.78 is 4.83. The predicted octanol–water partition coefficient (Wildman–Crippen LogP) is -0.0119. The van der Waals surface area contributed by atoms with Crippen molar-refractivity contribution in [3.63, 3.8) is 0 Å². The molecule has 1 fully saturated rings. The normalized spacial score (nSPS) is 21.2.